The SMILES string of the molecule is CC[C@H](C)N(C(=O)c1csnn1)[C@@H](C(=O)NC(C)(C)C)c1ccco1. The van der Waals surface area contributed by atoms with E-state index in [-0.39, 0.29) is 23.6 Å². The van der Waals surface area contributed by atoms with Crippen molar-refractivity contribution in [3.8, 4) is 0 Å². The molecule has 0 spiro atoms. The minimum atomic E-state index is -0.877. The third-order valence-corrected chi connectivity index (χ3v) is 4.22. The molecule has 8 heteroatoms. The first kappa shape index (κ1) is 19.1. The van der Waals surface area contributed by atoms with Crippen LogP contribution in [0.4, 0.5) is 0 Å². The largest absolute Gasteiger partial charge is 0.467 e. The Bertz CT molecular complexity index is 692. The zero-order valence-electron chi connectivity index (χ0n) is 15.1. The predicted octanol–water partition coefficient (Wildman–Crippen LogP) is 3.03. The second kappa shape index (κ2) is 7.77. The van der Waals surface area contributed by atoms with Crippen molar-refractivity contribution in [1.82, 2.24) is 19.8 Å². The van der Waals surface area contributed by atoms with Crippen molar-refractivity contribution >= 4 is 23.3 Å². The van der Waals surface area contributed by atoms with Crippen LogP contribution in [0.15, 0.2) is 28.2 Å². The Morgan fingerprint density at radius 2 is 2.12 bits per heavy atom. The molecule has 2 aromatic rings. The molecule has 2 rings (SSSR count). The highest BCUT2D eigenvalue weighted by atomic mass is 32.1. The van der Waals surface area contributed by atoms with Gasteiger partial charge < -0.3 is 14.6 Å². The summed E-state index contributed by atoms with van der Waals surface area (Å²) >= 11 is 1.10. The number of amides is 2. The lowest BCUT2D eigenvalue weighted by molar-refractivity contribution is -0.128. The summed E-state index contributed by atoms with van der Waals surface area (Å²) in [6.45, 7) is 9.54. The van der Waals surface area contributed by atoms with Crippen LogP contribution in [0.25, 0.3) is 0 Å². The Hall–Kier alpha value is -2.22. The molecule has 2 heterocycles. The number of hydrogen-bond donors (Lipinski definition) is 1. The molecule has 2 atom stereocenters. The third-order valence-electron chi connectivity index (χ3n) is 3.72. The van der Waals surface area contributed by atoms with E-state index in [2.05, 4.69) is 14.9 Å². The summed E-state index contributed by atoms with van der Waals surface area (Å²) in [5, 5.41) is 8.39. The van der Waals surface area contributed by atoms with Crippen LogP contribution in [0.5, 0.6) is 0 Å². The molecule has 0 bridgehead atoms. The van der Waals surface area contributed by atoms with E-state index in [1.54, 1.807) is 17.5 Å². The number of carbonyl (C=O) groups excluding carboxylic acids is 2. The monoisotopic (exact) mass is 364 g/mol. The molecule has 0 aromatic carbocycles. The van der Waals surface area contributed by atoms with E-state index < -0.39 is 11.6 Å². The summed E-state index contributed by atoms with van der Waals surface area (Å²) in [6.07, 6.45) is 2.18. The number of hydrogen-bond acceptors (Lipinski definition) is 6. The average Bonchev–Trinajstić information content (AvgIpc) is 3.22. The normalized spacial score (nSPS) is 14.0. The summed E-state index contributed by atoms with van der Waals surface area (Å²) in [7, 11) is 0. The van der Waals surface area contributed by atoms with E-state index in [1.807, 2.05) is 34.6 Å². The predicted molar refractivity (Wildman–Crippen MR) is 95.2 cm³/mol. The topological polar surface area (TPSA) is 88.3 Å². The van der Waals surface area contributed by atoms with Crippen LogP contribution in [0.3, 0.4) is 0 Å². The molecule has 25 heavy (non-hydrogen) atoms. The standard InChI is InChI=1S/C17H24N4O3S/c1-6-11(2)21(16(23)12-10-25-20-19-12)14(13-8-7-9-24-13)15(22)18-17(3,4)5/h7-11,14H,6H2,1-5H3,(H,18,22)/t11-,14+/m0/s1. The molecule has 0 saturated heterocycles. The van der Waals surface area contributed by atoms with Crippen molar-refractivity contribution in [2.24, 2.45) is 0 Å². The number of nitrogens with one attached hydrogen (secondary N) is 1. The maximum absolute atomic E-state index is 13.0. The van der Waals surface area contributed by atoms with Gasteiger partial charge in [-0.25, -0.2) is 0 Å². The van der Waals surface area contributed by atoms with Crippen molar-refractivity contribution < 1.29 is 14.0 Å². The first-order valence-electron chi connectivity index (χ1n) is 8.19. The number of furan rings is 1. The zero-order chi connectivity index (χ0) is 18.6. The first-order valence-corrected chi connectivity index (χ1v) is 9.03. The second-order valence-corrected chi connectivity index (χ2v) is 7.53. The van der Waals surface area contributed by atoms with Gasteiger partial charge in [0.1, 0.15) is 5.76 Å². The second-order valence-electron chi connectivity index (χ2n) is 6.92. The molecule has 2 aromatic heterocycles. The summed E-state index contributed by atoms with van der Waals surface area (Å²) in [5.41, 5.74) is -0.209. The smallest absolute Gasteiger partial charge is 0.276 e. The maximum atomic E-state index is 13.0. The highest BCUT2D eigenvalue weighted by molar-refractivity contribution is 7.03. The van der Waals surface area contributed by atoms with Gasteiger partial charge in [0.25, 0.3) is 11.8 Å². The lowest BCUT2D eigenvalue weighted by atomic mass is 10.0. The Labute approximate surface area is 151 Å². The van der Waals surface area contributed by atoms with Crippen molar-refractivity contribution in [3.05, 3.63) is 35.2 Å². The van der Waals surface area contributed by atoms with Gasteiger partial charge >= 0.3 is 0 Å². The summed E-state index contributed by atoms with van der Waals surface area (Å²) < 4.78 is 9.24. The van der Waals surface area contributed by atoms with Crippen LogP contribution < -0.4 is 5.32 Å². The fraction of sp³-hybridized carbons (Fsp3) is 0.529. The fourth-order valence-corrected chi connectivity index (χ4v) is 2.87. The van der Waals surface area contributed by atoms with E-state index in [4.69, 9.17) is 4.42 Å². The summed E-state index contributed by atoms with van der Waals surface area (Å²) in [6, 6.07) is 2.35. The molecule has 0 saturated carbocycles. The van der Waals surface area contributed by atoms with Crippen molar-refractivity contribution in [2.45, 2.75) is 58.7 Å². The highest BCUT2D eigenvalue weighted by Crippen LogP contribution is 2.27. The van der Waals surface area contributed by atoms with Gasteiger partial charge in [0.15, 0.2) is 11.7 Å². The summed E-state index contributed by atoms with van der Waals surface area (Å²) in [4.78, 5) is 27.5. The Kier molecular flexibility index (Phi) is 5.94. The molecule has 0 aliphatic carbocycles. The fourth-order valence-electron chi connectivity index (χ4n) is 2.44. The molecule has 136 valence electrons. The van der Waals surface area contributed by atoms with Crippen LogP contribution in [0.2, 0.25) is 0 Å². The Balaban J connectivity index is 2.46. The minimum absolute atomic E-state index is 0.185. The quantitative estimate of drug-likeness (QED) is 0.851. The third kappa shape index (κ3) is 4.66. The number of nitrogens with zero attached hydrogens (tertiary/aromatic N) is 3. The first-order chi connectivity index (χ1) is 11.7. The highest BCUT2D eigenvalue weighted by Gasteiger charge is 2.38. The maximum Gasteiger partial charge on any atom is 0.276 e. The van der Waals surface area contributed by atoms with Gasteiger partial charge in [0, 0.05) is 17.0 Å². The molecule has 1 N–H and O–H groups in total. The van der Waals surface area contributed by atoms with E-state index >= 15 is 0 Å². The minimum Gasteiger partial charge on any atom is -0.467 e. The van der Waals surface area contributed by atoms with E-state index in [0.717, 1.165) is 11.5 Å². The number of carbonyl (C=O) groups is 2. The number of rotatable bonds is 6. The molecule has 7 nitrogen and oxygen atoms in total. The molecule has 0 radical (unpaired) electrons. The summed E-state index contributed by atoms with van der Waals surface area (Å²) in [5.74, 6) is -0.216. The van der Waals surface area contributed by atoms with Gasteiger partial charge in [-0.15, -0.1) is 5.10 Å². The molecule has 0 fully saturated rings. The van der Waals surface area contributed by atoms with E-state index in [0.29, 0.717) is 12.2 Å². The van der Waals surface area contributed by atoms with Crippen molar-refractivity contribution in [2.75, 3.05) is 0 Å². The van der Waals surface area contributed by atoms with E-state index in [1.165, 1.54) is 11.2 Å². The van der Waals surface area contributed by atoms with Crippen LogP contribution in [0.1, 0.15) is 63.3 Å². The molecular formula is C17H24N4O3S. The average molecular weight is 364 g/mol. The zero-order valence-corrected chi connectivity index (χ0v) is 16.0. The van der Waals surface area contributed by atoms with Gasteiger partial charge in [-0.2, -0.15) is 0 Å². The molecule has 0 aliphatic heterocycles. The Morgan fingerprint density at radius 1 is 1.40 bits per heavy atom. The van der Waals surface area contributed by atoms with Gasteiger partial charge in [-0.05, 0) is 57.8 Å². The van der Waals surface area contributed by atoms with Crippen LogP contribution in [-0.2, 0) is 4.79 Å². The lowest BCUT2D eigenvalue weighted by Crippen LogP contribution is -2.51. The molecule has 2 amide bonds. The molecule has 0 aliphatic rings. The Morgan fingerprint density at radius 3 is 2.60 bits per heavy atom. The van der Waals surface area contributed by atoms with Crippen LogP contribution in [-0.4, -0.2) is 37.9 Å². The van der Waals surface area contributed by atoms with Gasteiger partial charge in [-0.1, -0.05) is 11.4 Å². The van der Waals surface area contributed by atoms with Crippen molar-refractivity contribution in [1.29, 1.82) is 0 Å². The van der Waals surface area contributed by atoms with E-state index in [9.17, 15) is 9.59 Å². The van der Waals surface area contributed by atoms with Gasteiger partial charge in [-0.3, -0.25) is 9.59 Å². The number of aromatic nitrogens is 2. The van der Waals surface area contributed by atoms with Crippen molar-refractivity contribution in [3.63, 3.8) is 0 Å². The lowest BCUT2D eigenvalue weighted by Gasteiger charge is -2.35. The van der Waals surface area contributed by atoms with Gasteiger partial charge in [0.2, 0.25) is 0 Å². The van der Waals surface area contributed by atoms with Crippen LogP contribution >= 0.6 is 11.5 Å². The van der Waals surface area contributed by atoms with Crippen LogP contribution in [0, 0.1) is 0 Å². The molecule has 0 unspecified atom stereocenters. The van der Waals surface area contributed by atoms with Gasteiger partial charge in [0.05, 0.1) is 6.26 Å². The molecular weight excluding hydrogens is 340 g/mol.